The monoisotopic (exact) mass is 370 g/mol. The first kappa shape index (κ1) is 18.8. The molecule has 138 valence electrons. The highest BCUT2D eigenvalue weighted by Gasteiger charge is 2.32. The first-order chi connectivity index (χ1) is 12.2. The van der Waals surface area contributed by atoms with Gasteiger partial charge in [-0.3, -0.25) is 4.79 Å². The summed E-state index contributed by atoms with van der Waals surface area (Å²) < 4.78 is 0. The van der Waals surface area contributed by atoms with E-state index in [1.54, 1.807) is 25.6 Å². The Kier molecular flexibility index (Phi) is 5.04. The van der Waals surface area contributed by atoms with Gasteiger partial charge in [-0.2, -0.15) is 0 Å². The summed E-state index contributed by atoms with van der Waals surface area (Å²) in [6.07, 6.45) is 0. The van der Waals surface area contributed by atoms with Crippen molar-refractivity contribution in [3.63, 3.8) is 0 Å². The topological polar surface area (TPSA) is 43.8 Å². The molecule has 3 rings (SSSR count). The number of hydrogen-bond acceptors (Lipinski definition) is 4. The number of carbonyl (C=O) groups is 1. The lowest BCUT2D eigenvalue weighted by atomic mass is 9.84. The van der Waals surface area contributed by atoms with E-state index in [9.17, 15) is 9.90 Å². The molecule has 0 bridgehead atoms. The number of likely N-dealkylation sites (N-methyl/N-ethyl adjacent to an activating group) is 1. The summed E-state index contributed by atoms with van der Waals surface area (Å²) in [6, 6.07) is 14.8. The van der Waals surface area contributed by atoms with E-state index in [0.29, 0.717) is 6.04 Å². The third kappa shape index (κ3) is 3.33. The molecule has 0 fully saturated rings. The molecular formula is C21H26N2O2S. The molecule has 26 heavy (non-hydrogen) atoms. The Hall–Kier alpha value is -1.98. The minimum absolute atomic E-state index is 0.357. The molecule has 1 aliphatic heterocycles. The number of hydrogen-bond donors (Lipinski definition) is 1. The number of carboxylic acid groups (broad SMARTS) is 1. The summed E-state index contributed by atoms with van der Waals surface area (Å²) in [5.74, 6) is -0.811. The highest BCUT2D eigenvalue weighted by molar-refractivity contribution is 7.99. The van der Waals surface area contributed by atoms with Crippen molar-refractivity contribution in [2.24, 2.45) is 0 Å². The van der Waals surface area contributed by atoms with E-state index < -0.39 is 11.4 Å². The fraction of sp³-hybridized carbons (Fsp3) is 0.381. The van der Waals surface area contributed by atoms with Crippen LogP contribution in [-0.4, -0.2) is 42.7 Å². The van der Waals surface area contributed by atoms with E-state index in [-0.39, 0.29) is 0 Å². The Morgan fingerprint density at radius 2 is 1.81 bits per heavy atom. The Bertz CT molecular complexity index is 833. The zero-order valence-electron chi connectivity index (χ0n) is 16.0. The molecule has 0 aliphatic carbocycles. The van der Waals surface area contributed by atoms with E-state index in [4.69, 9.17) is 0 Å². The number of aliphatic carboxylic acids is 1. The van der Waals surface area contributed by atoms with E-state index >= 15 is 0 Å². The van der Waals surface area contributed by atoms with Crippen LogP contribution in [0.3, 0.4) is 0 Å². The van der Waals surface area contributed by atoms with Gasteiger partial charge in [0.2, 0.25) is 0 Å². The Balaban J connectivity index is 2.10. The van der Waals surface area contributed by atoms with Gasteiger partial charge in [-0.25, -0.2) is 0 Å². The van der Waals surface area contributed by atoms with Crippen molar-refractivity contribution in [3.8, 4) is 0 Å². The second-order valence-electron chi connectivity index (χ2n) is 7.61. The first-order valence-corrected chi connectivity index (χ1v) is 9.62. The van der Waals surface area contributed by atoms with Gasteiger partial charge in [0.05, 0.1) is 16.8 Å². The average molecular weight is 371 g/mol. The van der Waals surface area contributed by atoms with Crippen molar-refractivity contribution in [3.05, 3.63) is 48.0 Å². The number of rotatable bonds is 5. The molecule has 0 spiro atoms. The molecule has 0 radical (unpaired) electrons. The normalized spacial score (nSPS) is 14.8. The van der Waals surface area contributed by atoms with Crippen LogP contribution < -0.4 is 4.90 Å². The number of nitrogens with zero attached hydrogens (tertiary/aromatic N) is 2. The lowest BCUT2D eigenvalue weighted by Gasteiger charge is -2.37. The first-order valence-electron chi connectivity index (χ1n) is 8.80. The molecule has 1 N–H and O–H groups in total. The van der Waals surface area contributed by atoms with Crippen LogP contribution in [-0.2, 0) is 10.2 Å². The molecule has 2 aromatic rings. The molecule has 5 heteroatoms. The van der Waals surface area contributed by atoms with E-state index in [2.05, 4.69) is 67.2 Å². The van der Waals surface area contributed by atoms with Gasteiger partial charge in [-0.05, 0) is 64.7 Å². The molecule has 0 amide bonds. The largest absolute Gasteiger partial charge is 0.481 e. The maximum absolute atomic E-state index is 11.7. The predicted molar refractivity (Wildman–Crippen MR) is 108 cm³/mol. The molecule has 4 nitrogen and oxygen atoms in total. The standard InChI is InChI=1S/C21H26N2O2S/c1-14(22(4)5)13-23-16-8-6-7-9-18(16)26-19-11-10-15(12-17(19)23)21(2,3)20(24)25/h6-12,14H,13H2,1-5H3,(H,24,25). The van der Waals surface area contributed by atoms with E-state index in [1.807, 2.05) is 6.07 Å². The van der Waals surface area contributed by atoms with Crippen LogP contribution in [0.4, 0.5) is 11.4 Å². The van der Waals surface area contributed by atoms with Gasteiger partial charge in [0.15, 0.2) is 0 Å². The number of benzene rings is 2. The zero-order chi connectivity index (χ0) is 19.1. The third-order valence-electron chi connectivity index (χ3n) is 5.21. The predicted octanol–water partition coefficient (Wildman–Crippen LogP) is 4.60. The quantitative estimate of drug-likeness (QED) is 0.833. The van der Waals surface area contributed by atoms with Crippen LogP contribution >= 0.6 is 11.8 Å². The summed E-state index contributed by atoms with van der Waals surface area (Å²) in [5, 5.41) is 9.62. The molecule has 2 aromatic carbocycles. The average Bonchev–Trinajstić information content (AvgIpc) is 2.60. The highest BCUT2D eigenvalue weighted by atomic mass is 32.2. The van der Waals surface area contributed by atoms with E-state index in [0.717, 1.165) is 17.8 Å². The van der Waals surface area contributed by atoms with Crippen LogP contribution in [0.5, 0.6) is 0 Å². The molecular weight excluding hydrogens is 344 g/mol. The zero-order valence-corrected chi connectivity index (χ0v) is 16.8. The summed E-state index contributed by atoms with van der Waals surface area (Å²) >= 11 is 1.75. The second kappa shape index (κ2) is 6.97. The summed E-state index contributed by atoms with van der Waals surface area (Å²) in [5.41, 5.74) is 2.18. The SMILES string of the molecule is CC(CN1c2ccccc2Sc2ccc(C(C)(C)C(=O)O)cc21)N(C)C. The molecule has 0 saturated heterocycles. The number of carboxylic acids is 1. The van der Waals surface area contributed by atoms with Gasteiger partial charge in [0.1, 0.15) is 0 Å². The van der Waals surface area contributed by atoms with Crippen molar-refractivity contribution >= 4 is 29.1 Å². The third-order valence-corrected chi connectivity index (χ3v) is 6.34. The minimum Gasteiger partial charge on any atom is -0.481 e. The van der Waals surface area contributed by atoms with E-state index in [1.165, 1.54) is 15.5 Å². The molecule has 0 aromatic heterocycles. The smallest absolute Gasteiger partial charge is 0.313 e. The van der Waals surface area contributed by atoms with Crippen LogP contribution in [0.15, 0.2) is 52.3 Å². The van der Waals surface area contributed by atoms with Crippen LogP contribution in [0, 0.1) is 0 Å². The van der Waals surface area contributed by atoms with Gasteiger partial charge in [-0.15, -0.1) is 0 Å². The number of para-hydroxylation sites is 1. The number of anilines is 2. The van der Waals surface area contributed by atoms with Crippen molar-refractivity contribution in [2.45, 2.75) is 42.0 Å². The minimum atomic E-state index is -0.921. The fourth-order valence-electron chi connectivity index (χ4n) is 2.97. The molecule has 1 aliphatic rings. The summed E-state index contributed by atoms with van der Waals surface area (Å²) in [7, 11) is 4.17. The number of fused-ring (bicyclic) bond motifs is 2. The van der Waals surface area contributed by atoms with Crippen LogP contribution in [0.2, 0.25) is 0 Å². The van der Waals surface area contributed by atoms with Crippen molar-refractivity contribution < 1.29 is 9.90 Å². The van der Waals surface area contributed by atoms with Gasteiger partial charge in [0, 0.05) is 22.4 Å². The Labute approximate surface area is 159 Å². The van der Waals surface area contributed by atoms with Gasteiger partial charge >= 0.3 is 5.97 Å². The molecule has 0 saturated carbocycles. The Morgan fingerprint density at radius 1 is 1.15 bits per heavy atom. The van der Waals surface area contributed by atoms with Crippen LogP contribution in [0.25, 0.3) is 0 Å². The van der Waals surface area contributed by atoms with Gasteiger partial charge < -0.3 is 14.9 Å². The molecule has 1 atom stereocenters. The summed E-state index contributed by atoms with van der Waals surface area (Å²) in [6.45, 7) is 6.56. The molecule has 1 heterocycles. The Morgan fingerprint density at radius 3 is 2.46 bits per heavy atom. The van der Waals surface area contributed by atoms with Crippen molar-refractivity contribution in [1.82, 2.24) is 4.90 Å². The fourth-order valence-corrected chi connectivity index (χ4v) is 4.04. The van der Waals surface area contributed by atoms with Crippen LogP contribution in [0.1, 0.15) is 26.3 Å². The molecule has 1 unspecified atom stereocenters. The summed E-state index contributed by atoms with van der Waals surface area (Å²) in [4.78, 5) is 18.6. The second-order valence-corrected chi connectivity index (χ2v) is 8.69. The maximum Gasteiger partial charge on any atom is 0.313 e. The van der Waals surface area contributed by atoms with Crippen molar-refractivity contribution in [1.29, 1.82) is 0 Å². The van der Waals surface area contributed by atoms with Crippen molar-refractivity contribution in [2.75, 3.05) is 25.5 Å². The lowest BCUT2D eigenvalue weighted by molar-refractivity contribution is -0.142. The van der Waals surface area contributed by atoms with Gasteiger partial charge in [-0.1, -0.05) is 30.0 Å². The lowest BCUT2D eigenvalue weighted by Crippen LogP contribution is -2.37. The maximum atomic E-state index is 11.7. The highest BCUT2D eigenvalue weighted by Crippen LogP contribution is 2.49. The van der Waals surface area contributed by atoms with Gasteiger partial charge in [0.25, 0.3) is 0 Å².